The molecule has 4 aromatic rings. The van der Waals surface area contributed by atoms with E-state index < -0.39 is 0 Å². The lowest BCUT2D eigenvalue weighted by molar-refractivity contribution is -0.114. The van der Waals surface area contributed by atoms with Crippen molar-refractivity contribution in [1.29, 1.82) is 0 Å². The molecule has 2 N–H and O–H groups in total. The normalized spacial score (nSPS) is 17.1. The van der Waals surface area contributed by atoms with E-state index in [0.717, 1.165) is 39.7 Å². The van der Waals surface area contributed by atoms with E-state index >= 15 is 0 Å². The van der Waals surface area contributed by atoms with Gasteiger partial charge in [0.2, 0.25) is 5.91 Å². The van der Waals surface area contributed by atoms with Gasteiger partial charge in [0, 0.05) is 35.9 Å². The average Bonchev–Trinajstić information content (AvgIpc) is 3.37. The maximum atomic E-state index is 11.5. The first-order valence-electron chi connectivity index (χ1n) is 11.8. The summed E-state index contributed by atoms with van der Waals surface area (Å²) in [7, 11) is 0. The summed E-state index contributed by atoms with van der Waals surface area (Å²) in [6.07, 6.45) is 1.79. The Morgan fingerprint density at radius 2 is 1.81 bits per heavy atom. The van der Waals surface area contributed by atoms with Crippen molar-refractivity contribution in [3.8, 4) is 5.69 Å². The van der Waals surface area contributed by atoms with Gasteiger partial charge in [-0.05, 0) is 86.2 Å². The van der Waals surface area contributed by atoms with Crippen LogP contribution in [0.15, 0.2) is 72.9 Å². The van der Waals surface area contributed by atoms with E-state index in [0.29, 0.717) is 15.2 Å². The smallest absolute Gasteiger partial charge is 0.221 e. The number of carbonyl (C=O) groups excluding carboxylic acids is 1. The van der Waals surface area contributed by atoms with Gasteiger partial charge < -0.3 is 20.1 Å². The molecule has 5 rings (SSSR count). The molecule has 0 saturated carbocycles. The summed E-state index contributed by atoms with van der Waals surface area (Å²) in [5.41, 5.74) is 6.47. The van der Waals surface area contributed by atoms with Crippen molar-refractivity contribution in [2.24, 2.45) is 0 Å². The number of pyridine rings is 1. The van der Waals surface area contributed by atoms with E-state index in [1.807, 2.05) is 54.6 Å². The average molecular weight is 551 g/mol. The molecule has 37 heavy (non-hydrogen) atoms. The highest BCUT2D eigenvalue weighted by Gasteiger charge is 2.42. The maximum Gasteiger partial charge on any atom is 0.221 e. The molecule has 1 saturated heterocycles. The number of nitrogens with one attached hydrogen (secondary N) is 2. The lowest BCUT2D eigenvalue weighted by Gasteiger charge is -2.28. The van der Waals surface area contributed by atoms with Gasteiger partial charge in [0.25, 0.3) is 0 Å². The van der Waals surface area contributed by atoms with Crippen LogP contribution >= 0.6 is 35.4 Å². The monoisotopic (exact) mass is 549 g/mol. The standard InChI is InChI=1S/C28H25Cl2N5OS/c1-16-15-21(17(2)34(16)24-9-6-7-22(29)25(24)30)27-26(23-8-4-5-14-31-23)33-28(37)35(27)20-12-10-19(11-13-20)32-18(3)36/h4-15,26-27H,1-3H3,(H,32,36)(H,33,37)/t26-,27+/m0/s1. The third-order valence-corrected chi connectivity index (χ3v) is 7.65. The third-order valence-electron chi connectivity index (χ3n) is 6.52. The van der Waals surface area contributed by atoms with Gasteiger partial charge in [-0.2, -0.15) is 0 Å². The first-order valence-corrected chi connectivity index (χ1v) is 12.9. The van der Waals surface area contributed by atoms with Crippen LogP contribution < -0.4 is 15.5 Å². The Morgan fingerprint density at radius 3 is 2.49 bits per heavy atom. The van der Waals surface area contributed by atoms with Gasteiger partial charge in [0.05, 0.1) is 33.5 Å². The molecule has 1 aliphatic heterocycles. The second-order valence-corrected chi connectivity index (χ2v) is 10.1. The van der Waals surface area contributed by atoms with Crippen LogP contribution in [0.3, 0.4) is 0 Å². The number of amides is 1. The van der Waals surface area contributed by atoms with E-state index in [4.69, 9.17) is 35.4 Å². The lowest BCUT2D eigenvalue weighted by Crippen LogP contribution is -2.29. The van der Waals surface area contributed by atoms with Crippen LogP contribution in [0.2, 0.25) is 10.0 Å². The number of aromatic nitrogens is 2. The van der Waals surface area contributed by atoms with Gasteiger partial charge in [-0.3, -0.25) is 9.78 Å². The fourth-order valence-corrected chi connectivity index (χ4v) is 5.71. The Kier molecular flexibility index (Phi) is 6.94. The summed E-state index contributed by atoms with van der Waals surface area (Å²) in [6, 6.07) is 21.0. The molecule has 0 bridgehead atoms. The molecular formula is C28H25Cl2N5OS. The van der Waals surface area contributed by atoms with Crippen molar-refractivity contribution < 1.29 is 4.79 Å². The highest BCUT2D eigenvalue weighted by molar-refractivity contribution is 7.80. The number of rotatable bonds is 5. The van der Waals surface area contributed by atoms with Crippen molar-refractivity contribution >= 4 is 57.8 Å². The first kappa shape index (κ1) is 25.3. The Hall–Kier alpha value is -3.39. The van der Waals surface area contributed by atoms with Crippen molar-refractivity contribution in [1.82, 2.24) is 14.9 Å². The number of halogens is 2. The number of nitrogens with zero attached hydrogens (tertiary/aromatic N) is 3. The fraction of sp³-hybridized carbons (Fsp3) is 0.179. The largest absolute Gasteiger partial charge is 0.351 e. The van der Waals surface area contributed by atoms with Gasteiger partial charge in [-0.25, -0.2) is 0 Å². The molecule has 0 radical (unpaired) electrons. The number of hydrogen-bond donors (Lipinski definition) is 2. The van der Waals surface area contributed by atoms with E-state index in [1.165, 1.54) is 6.92 Å². The molecule has 1 amide bonds. The molecule has 1 aliphatic rings. The summed E-state index contributed by atoms with van der Waals surface area (Å²) >= 11 is 18.9. The molecule has 0 aliphatic carbocycles. The van der Waals surface area contributed by atoms with E-state index in [2.05, 4.69) is 45.0 Å². The molecule has 2 atom stereocenters. The Balaban J connectivity index is 1.65. The van der Waals surface area contributed by atoms with E-state index in [1.54, 1.807) is 12.3 Å². The minimum Gasteiger partial charge on any atom is -0.351 e. The van der Waals surface area contributed by atoms with E-state index in [9.17, 15) is 4.79 Å². The van der Waals surface area contributed by atoms with Crippen molar-refractivity contribution in [2.45, 2.75) is 32.9 Å². The van der Waals surface area contributed by atoms with Crippen molar-refractivity contribution in [2.75, 3.05) is 10.2 Å². The molecule has 2 aromatic heterocycles. The van der Waals surface area contributed by atoms with Crippen LogP contribution in [0, 0.1) is 13.8 Å². The predicted molar refractivity (Wildman–Crippen MR) is 154 cm³/mol. The number of hydrogen-bond acceptors (Lipinski definition) is 3. The Bertz CT molecular complexity index is 1490. The summed E-state index contributed by atoms with van der Waals surface area (Å²) in [5.74, 6) is -0.119. The van der Waals surface area contributed by atoms with Crippen LogP contribution in [0.5, 0.6) is 0 Å². The van der Waals surface area contributed by atoms with Crippen LogP contribution in [-0.2, 0) is 4.79 Å². The topological polar surface area (TPSA) is 62.2 Å². The SMILES string of the molecule is CC(=O)Nc1ccc(N2C(=S)N[C@@H](c3ccccn3)[C@H]2c2cc(C)n(-c3cccc(Cl)c3Cl)c2C)cc1. The maximum absolute atomic E-state index is 11.5. The lowest BCUT2D eigenvalue weighted by atomic mass is 9.96. The first-order chi connectivity index (χ1) is 17.8. The zero-order valence-electron chi connectivity index (χ0n) is 20.5. The van der Waals surface area contributed by atoms with Gasteiger partial charge in [0.15, 0.2) is 5.11 Å². The Morgan fingerprint density at radius 1 is 1.05 bits per heavy atom. The van der Waals surface area contributed by atoms with Crippen LogP contribution in [0.25, 0.3) is 5.69 Å². The van der Waals surface area contributed by atoms with Crippen molar-refractivity contribution in [3.05, 3.63) is 106 Å². The van der Waals surface area contributed by atoms with E-state index in [-0.39, 0.29) is 18.0 Å². The van der Waals surface area contributed by atoms with Gasteiger partial charge >= 0.3 is 0 Å². The van der Waals surface area contributed by atoms with Crippen LogP contribution in [0.4, 0.5) is 11.4 Å². The zero-order valence-corrected chi connectivity index (χ0v) is 22.8. The van der Waals surface area contributed by atoms with Gasteiger partial charge in [0.1, 0.15) is 0 Å². The summed E-state index contributed by atoms with van der Waals surface area (Å²) < 4.78 is 2.12. The highest BCUT2D eigenvalue weighted by Crippen LogP contribution is 2.44. The second-order valence-electron chi connectivity index (χ2n) is 8.96. The summed E-state index contributed by atoms with van der Waals surface area (Å²) in [6.45, 7) is 5.62. The molecule has 2 aromatic carbocycles. The number of aryl methyl sites for hydroxylation is 1. The number of benzene rings is 2. The molecule has 9 heteroatoms. The molecule has 3 heterocycles. The number of anilines is 2. The summed E-state index contributed by atoms with van der Waals surface area (Å²) in [4.78, 5) is 18.3. The highest BCUT2D eigenvalue weighted by atomic mass is 35.5. The third kappa shape index (κ3) is 4.70. The van der Waals surface area contributed by atoms with Gasteiger partial charge in [-0.15, -0.1) is 0 Å². The molecule has 0 spiro atoms. The van der Waals surface area contributed by atoms with Crippen LogP contribution in [0.1, 0.15) is 41.7 Å². The second kappa shape index (κ2) is 10.2. The number of thiocarbonyl (C=S) groups is 1. The van der Waals surface area contributed by atoms with Gasteiger partial charge in [-0.1, -0.05) is 35.3 Å². The summed E-state index contributed by atoms with van der Waals surface area (Å²) in [5, 5.41) is 7.92. The van der Waals surface area contributed by atoms with Crippen LogP contribution in [-0.4, -0.2) is 20.6 Å². The van der Waals surface area contributed by atoms with Crippen molar-refractivity contribution in [3.63, 3.8) is 0 Å². The molecule has 1 fully saturated rings. The minimum absolute atomic E-state index is 0.119. The fourth-order valence-electron chi connectivity index (χ4n) is 4.98. The Labute approximate surface area is 231 Å². The quantitative estimate of drug-likeness (QED) is 0.264. The minimum atomic E-state index is -0.188. The predicted octanol–water partition coefficient (Wildman–Crippen LogP) is 6.93. The molecule has 0 unspecified atom stereocenters. The zero-order chi connectivity index (χ0) is 26.3. The molecular weight excluding hydrogens is 525 g/mol. The number of carbonyl (C=O) groups is 1. The molecule has 188 valence electrons. The molecule has 6 nitrogen and oxygen atoms in total.